The second-order valence-electron chi connectivity index (χ2n) is 6.88. The Morgan fingerprint density at radius 1 is 1.23 bits per heavy atom. The van der Waals surface area contributed by atoms with Crippen molar-refractivity contribution in [1.29, 1.82) is 0 Å². The van der Waals surface area contributed by atoms with E-state index in [-0.39, 0.29) is 12.3 Å². The van der Waals surface area contributed by atoms with Crippen molar-refractivity contribution in [3.8, 4) is 17.4 Å². The summed E-state index contributed by atoms with van der Waals surface area (Å²) in [5, 5.41) is 8.05. The summed E-state index contributed by atoms with van der Waals surface area (Å²) in [5.41, 5.74) is 2.96. The van der Waals surface area contributed by atoms with E-state index in [1.165, 1.54) is 6.33 Å². The van der Waals surface area contributed by atoms with Gasteiger partial charge in [0.25, 0.3) is 0 Å². The first-order valence-corrected chi connectivity index (χ1v) is 10.0. The topological polar surface area (TPSA) is 93.2 Å². The van der Waals surface area contributed by atoms with Crippen LogP contribution in [0, 0.1) is 6.92 Å². The number of ether oxygens (including phenoxy) is 2. The van der Waals surface area contributed by atoms with Gasteiger partial charge in [-0.25, -0.2) is 9.97 Å². The number of carbonyl (C=O) groups excluding carboxylic acids is 1. The molecule has 0 saturated carbocycles. The van der Waals surface area contributed by atoms with E-state index >= 15 is 0 Å². The maximum absolute atomic E-state index is 13.0. The van der Waals surface area contributed by atoms with Gasteiger partial charge in [-0.15, -0.1) is 0 Å². The lowest BCUT2D eigenvalue weighted by atomic mass is 10.1. The number of aryl methyl sites for hydroxylation is 1. The van der Waals surface area contributed by atoms with Crippen LogP contribution in [-0.2, 0) is 24.2 Å². The van der Waals surface area contributed by atoms with Crippen molar-refractivity contribution in [2.75, 3.05) is 13.7 Å². The summed E-state index contributed by atoms with van der Waals surface area (Å²) in [4.78, 5) is 23.1. The number of aromatic amines is 1. The van der Waals surface area contributed by atoms with Crippen LogP contribution in [0.3, 0.4) is 0 Å². The Bertz CT molecular complexity index is 1080. The van der Waals surface area contributed by atoms with E-state index < -0.39 is 0 Å². The molecule has 4 rings (SSSR count). The number of H-pyrrole nitrogens is 1. The number of carbonyl (C=O) groups is 1. The van der Waals surface area contributed by atoms with Crippen LogP contribution < -0.4 is 9.47 Å². The predicted molar refractivity (Wildman–Crippen MR) is 111 cm³/mol. The van der Waals surface area contributed by atoms with E-state index in [0.29, 0.717) is 58.3 Å². The molecule has 1 amide bonds. The molecule has 1 aliphatic heterocycles. The van der Waals surface area contributed by atoms with Crippen molar-refractivity contribution in [3.63, 3.8) is 0 Å². The highest BCUT2D eigenvalue weighted by Crippen LogP contribution is 2.32. The maximum atomic E-state index is 13.0. The molecule has 10 heteroatoms. The highest BCUT2D eigenvalue weighted by Gasteiger charge is 2.26. The van der Waals surface area contributed by atoms with Crippen molar-refractivity contribution < 1.29 is 14.3 Å². The van der Waals surface area contributed by atoms with Gasteiger partial charge < -0.3 is 14.4 Å². The smallest absolute Gasteiger partial charge is 0.229 e. The molecule has 0 bridgehead atoms. The molecule has 3 heterocycles. The molecule has 156 valence electrons. The van der Waals surface area contributed by atoms with Gasteiger partial charge in [0.05, 0.1) is 31.5 Å². The van der Waals surface area contributed by atoms with Crippen LogP contribution >= 0.6 is 23.2 Å². The van der Waals surface area contributed by atoms with Gasteiger partial charge in [0.1, 0.15) is 17.8 Å². The van der Waals surface area contributed by atoms with Crippen LogP contribution in [0.2, 0.25) is 10.0 Å². The molecule has 0 aliphatic carbocycles. The first kappa shape index (κ1) is 20.4. The number of fused-ring (bicyclic) bond motifs is 1. The number of amides is 1. The molecule has 0 spiro atoms. The minimum atomic E-state index is -0.0706. The molecule has 0 fully saturated rings. The number of nitrogens with one attached hydrogen (secondary N) is 1. The number of benzene rings is 1. The fourth-order valence-corrected chi connectivity index (χ4v) is 3.90. The molecular weight excluding hydrogens is 429 g/mol. The molecule has 0 radical (unpaired) electrons. The number of aromatic nitrogens is 4. The lowest BCUT2D eigenvalue weighted by molar-refractivity contribution is -0.131. The Morgan fingerprint density at radius 2 is 2.00 bits per heavy atom. The Hall–Kier alpha value is -2.84. The van der Waals surface area contributed by atoms with Gasteiger partial charge in [0.2, 0.25) is 11.8 Å². The Morgan fingerprint density at radius 3 is 2.73 bits per heavy atom. The van der Waals surface area contributed by atoms with Gasteiger partial charge >= 0.3 is 0 Å². The monoisotopic (exact) mass is 447 g/mol. The van der Waals surface area contributed by atoms with Crippen molar-refractivity contribution in [1.82, 2.24) is 25.1 Å². The predicted octanol–water partition coefficient (Wildman–Crippen LogP) is 3.74. The van der Waals surface area contributed by atoms with Gasteiger partial charge in [-0.1, -0.05) is 23.2 Å². The van der Waals surface area contributed by atoms with Crippen LogP contribution in [0.5, 0.6) is 17.4 Å². The average Bonchev–Trinajstić information content (AvgIpc) is 3.05. The summed E-state index contributed by atoms with van der Waals surface area (Å²) in [6.45, 7) is 2.78. The van der Waals surface area contributed by atoms with Gasteiger partial charge in [0.15, 0.2) is 5.75 Å². The van der Waals surface area contributed by atoms with E-state index in [4.69, 9.17) is 32.7 Å². The second-order valence-corrected chi connectivity index (χ2v) is 7.75. The molecular formula is C20H19Cl2N5O3. The molecule has 1 aromatic carbocycles. The zero-order valence-corrected chi connectivity index (χ0v) is 17.9. The van der Waals surface area contributed by atoms with Crippen LogP contribution in [0.4, 0.5) is 0 Å². The number of halogens is 2. The summed E-state index contributed by atoms with van der Waals surface area (Å²) < 4.78 is 11.2. The molecule has 8 nitrogen and oxygen atoms in total. The van der Waals surface area contributed by atoms with Gasteiger partial charge in [0, 0.05) is 22.2 Å². The normalized spacial score (nSPS) is 13.1. The third-order valence-corrected chi connectivity index (χ3v) is 5.29. The van der Waals surface area contributed by atoms with Crippen LogP contribution in [0.15, 0.2) is 24.5 Å². The van der Waals surface area contributed by atoms with E-state index in [9.17, 15) is 4.79 Å². The number of hydrogen-bond acceptors (Lipinski definition) is 6. The van der Waals surface area contributed by atoms with Gasteiger partial charge in [-0.05, 0) is 31.5 Å². The van der Waals surface area contributed by atoms with Crippen molar-refractivity contribution in [2.24, 2.45) is 0 Å². The SMILES string of the molecule is COc1ncnc2c1CCN(C(=O)Cc1n[nH]c(C)c1Oc1cc(Cl)cc(Cl)c1)C2. The van der Waals surface area contributed by atoms with Crippen molar-refractivity contribution in [3.05, 3.63) is 57.2 Å². The van der Waals surface area contributed by atoms with E-state index in [1.807, 2.05) is 6.92 Å². The summed E-state index contributed by atoms with van der Waals surface area (Å²) >= 11 is 12.1. The fourth-order valence-electron chi connectivity index (χ4n) is 3.40. The number of rotatable bonds is 5. The van der Waals surface area contributed by atoms with E-state index in [2.05, 4.69) is 20.2 Å². The molecule has 2 aromatic heterocycles. The number of hydrogen-bond donors (Lipinski definition) is 1. The third kappa shape index (κ3) is 4.20. The van der Waals surface area contributed by atoms with Gasteiger partial charge in [-0.3, -0.25) is 9.89 Å². The Kier molecular flexibility index (Phi) is 5.78. The summed E-state index contributed by atoms with van der Waals surface area (Å²) in [7, 11) is 1.58. The molecule has 1 N–H and O–H groups in total. The lowest BCUT2D eigenvalue weighted by Gasteiger charge is -2.28. The van der Waals surface area contributed by atoms with Crippen LogP contribution in [0.1, 0.15) is 22.6 Å². The summed E-state index contributed by atoms with van der Waals surface area (Å²) in [6, 6.07) is 4.93. The fraction of sp³-hybridized carbons (Fsp3) is 0.300. The number of nitrogens with zero attached hydrogens (tertiary/aromatic N) is 4. The lowest BCUT2D eigenvalue weighted by Crippen LogP contribution is -2.37. The first-order chi connectivity index (χ1) is 14.4. The van der Waals surface area contributed by atoms with Gasteiger partial charge in [-0.2, -0.15) is 5.10 Å². The molecule has 1 aliphatic rings. The Labute approximate surface area is 183 Å². The van der Waals surface area contributed by atoms with Crippen molar-refractivity contribution in [2.45, 2.75) is 26.3 Å². The van der Waals surface area contributed by atoms with E-state index in [0.717, 1.165) is 11.3 Å². The molecule has 0 unspecified atom stereocenters. The zero-order chi connectivity index (χ0) is 21.3. The van der Waals surface area contributed by atoms with E-state index in [1.54, 1.807) is 30.2 Å². The quantitative estimate of drug-likeness (QED) is 0.639. The van der Waals surface area contributed by atoms with Crippen molar-refractivity contribution >= 4 is 29.1 Å². The zero-order valence-electron chi connectivity index (χ0n) is 16.4. The molecule has 3 aromatic rings. The summed E-state index contributed by atoms with van der Waals surface area (Å²) in [5.74, 6) is 1.45. The highest BCUT2D eigenvalue weighted by atomic mass is 35.5. The largest absolute Gasteiger partial charge is 0.481 e. The van der Waals surface area contributed by atoms with Crippen LogP contribution in [0.25, 0.3) is 0 Å². The standard InChI is InChI=1S/C20H19Cl2N5O3/c1-11-19(30-14-6-12(21)5-13(22)7-14)16(26-25-11)8-18(28)27-4-3-15-17(9-27)23-10-24-20(15)29-2/h5-7,10H,3-4,8-9H2,1-2H3,(H,25,26). The molecule has 30 heavy (non-hydrogen) atoms. The first-order valence-electron chi connectivity index (χ1n) is 9.27. The minimum absolute atomic E-state index is 0.0706. The molecule has 0 atom stereocenters. The summed E-state index contributed by atoms with van der Waals surface area (Å²) in [6.07, 6.45) is 2.17. The number of methoxy groups -OCH3 is 1. The minimum Gasteiger partial charge on any atom is -0.481 e. The highest BCUT2D eigenvalue weighted by molar-refractivity contribution is 6.34. The average molecular weight is 448 g/mol. The molecule has 0 saturated heterocycles. The maximum Gasteiger partial charge on any atom is 0.229 e. The third-order valence-electron chi connectivity index (χ3n) is 4.85. The Balaban J connectivity index is 1.50. The second kappa shape index (κ2) is 8.49. The van der Waals surface area contributed by atoms with Crippen LogP contribution in [-0.4, -0.2) is 44.6 Å².